The van der Waals surface area contributed by atoms with Crippen LogP contribution in [0.15, 0.2) is 11.4 Å². The lowest BCUT2D eigenvalue weighted by molar-refractivity contribution is 0.0868. The molecule has 1 fully saturated rings. The Labute approximate surface area is 128 Å². The molecule has 114 valence electrons. The third-order valence-corrected chi connectivity index (χ3v) is 6.08. The van der Waals surface area contributed by atoms with E-state index in [4.69, 9.17) is 5.73 Å². The highest BCUT2D eigenvalue weighted by atomic mass is 32.1. The SMILES string of the molecule is Cc1ccsc1C(C(C)N)N(C)C1CCC(C)(C)CC1. The molecular formula is C17H30N2S. The van der Waals surface area contributed by atoms with Crippen molar-refractivity contribution in [1.82, 2.24) is 4.90 Å². The van der Waals surface area contributed by atoms with Crippen molar-refractivity contribution < 1.29 is 0 Å². The van der Waals surface area contributed by atoms with Crippen molar-refractivity contribution in [2.45, 2.75) is 71.5 Å². The molecule has 3 heteroatoms. The topological polar surface area (TPSA) is 29.3 Å². The number of hydrogen-bond donors (Lipinski definition) is 1. The second-order valence-corrected chi connectivity index (χ2v) is 8.28. The molecule has 2 N–H and O–H groups in total. The van der Waals surface area contributed by atoms with Gasteiger partial charge in [0.15, 0.2) is 0 Å². The molecule has 2 atom stereocenters. The third-order valence-electron chi connectivity index (χ3n) is 4.99. The van der Waals surface area contributed by atoms with Crippen LogP contribution in [0, 0.1) is 12.3 Å². The maximum atomic E-state index is 6.32. The highest BCUT2D eigenvalue weighted by Crippen LogP contribution is 2.40. The number of rotatable bonds is 4. The van der Waals surface area contributed by atoms with Crippen molar-refractivity contribution in [3.05, 3.63) is 21.9 Å². The molecule has 1 aliphatic carbocycles. The van der Waals surface area contributed by atoms with Gasteiger partial charge in [-0.05, 0) is 69.0 Å². The van der Waals surface area contributed by atoms with Crippen LogP contribution in [0.1, 0.15) is 62.9 Å². The molecule has 0 aliphatic heterocycles. The van der Waals surface area contributed by atoms with Gasteiger partial charge in [-0.3, -0.25) is 4.90 Å². The summed E-state index contributed by atoms with van der Waals surface area (Å²) in [6.07, 6.45) is 5.27. The quantitative estimate of drug-likeness (QED) is 0.894. The van der Waals surface area contributed by atoms with Crippen molar-refractivity contribution >= 4 is 11.3 Å². The van der Waals surface area contributed by atoms with Crippen LogP contribution in [0.3, 0.4) is 0 Å². The first-order valence-electron chi connectivity index (χ1n) is 7.83. The first kappa shape index (κ1) is 16.0. The lowest BCUT2D eigenvalue weighted by Gasteiger charge is -2.42. The van der Waals surface area contributed by atoms with Crippen LogP contribution >= 0.6 is 11.3 Å². The number of thiophene rings is 1. The second-order valence-electron chi connectivity index (χ2n) is 7.33. The van der Waals surface area contributed by atoms with Gasteiger partial charge in [0, 0.05) is 17.0 Å². The summed E-state index contributed by atoms with van der Waals surface area (Å²) in [7, 11) is 2.27. The van der Waals surface area contributed by atoms with E-state index in [-0.39, 0.29) is 6.04 Å². The Morgan fingerprint density at radius 2 is 1.95 bits per heavy atom. The second kappa shape index (κ2) is 6.17. The number of likely N-dealkylation sites (N-methyl/N-ethyl adjacent to an activating group) is 1. The summed E-state index contributed by atoms with van der Waals surface area (Å²) >= 11 is 1.86. The van der Waals surface area contributed by atoms with E-state index < -0.39 is 0 Å². The van der Waals surface area contributed by atoms with E-state index in [1.54, 1.807) is 0 Å². The summed E-state index contributed by atoms with van der Waals surface area (Å²) in [6.45, 7) is 9.15. The molecule has 0 spiro atoms. The van der Waals surface area contributed by atoms with Crippen molar-refractivity contribution in [2.75, 3.05) is 7.05 Å². The van der Waals surface area contributed by atoms with Gasteiger partial charge < -0.3 is 5.73 Å². The summed E-state index contributed by atoms with van der Waals surface area (Å²) in [4.78, 5) is 4.01. The van der Waals surface area contributed by atoms with Gasteiger partial charge in [0.25, 0.3) is 0 Å². The highest BCUT2D eigenvalue weighted by molar-refractivity contribution is 7.10. The van der Waals surface area contributed by atoms with E-state index in [2.05, 4.69) is 51.1 Å². The Kier molecular flexibility index (Phi) is 4.93. The van der Waals surface area contributed by atoms with Crippen molar-refractivity contribution in [3.63, 3.8) is 0 Å². The molecule has 1 heterocycles. The van der Waals surface area contributed by atoms with Crippen LogP contribution in [0.4, 0.5) is 0 Å². The predicted octanol–water partition coefficient (Wildman–Crippen LogP) is 4.35. The van der Waals surface area contributed by atoms with Crippen molar-refractivity contribution in [1.29, 1.82) is 0 Å². The fourth-order valence-corrected chi connectivity index (χ4v) is 4.69. The predicted molar refractivity (Wildman–Crippen MR) is 89.2 cm³/mol. The van der Waals surface area contributed by atoms with E-state index in [9.17, 15) is 0 Å². The van der Waals surface area contributed by atoms with E-state index in [1.807, 2.05) is 11.3 Å². The van der Waals surface area contributed by atoms with Gasteiger partial charge in [0.1, 0.15) is 0 Å². The average molecular weight is 295 g/mol. The normalized spacial score (nSPS) is 22.9. The zero-order valence-corrected chi connectivity index (χ0v) is 14.5. The summed E-state index contributed by atoms with van der Waals surface area (Å²) in [5.74, 6) is 0. The van der Waals surface area contributed by atoms with Crippen LogP contribution in [0.5, 0.6) is 0 Å². The van der Waals surface area contributed by atoms with Gasteiger partial charge in [0.05, 0.1) is 6.04 Å². The smallest absolute Gasteiger partial charge is 0.0593 e. The van der Waals surface area contributed by atoms with Crippen LogP contribution in [0.25, 0.3) is 0 Å². The monoisotopic (exact) mass is 294 g/mol. The zero-order valence-electron chi connectivity index (χ0n) is 13.6. The summed E-state index contributed by atoms with van der Waals surface area (Å²) in [5, 5.41) is 2.19. The Balaban J connectivity index is 2.13. The molecule has 0 aromatic carbocycles. The van der Waals surface area contributed by atoms with E-state index in [0.717, 1.165) is 0 Å². The summed E-state index contributed by atoms with van der Waals surface area (Å²) in [6, 6.07) is 3.43. The van der Waals surface area contributed by atoms with Gasteiger partial charge in [-0.2, -0.15) is 0 Å². The zero-order chi connectivity index (χ0) is 14.9. The Morgan fingerprint density at radius 1 is 1.35 bits per heavy atom. The van der Waals surface area contributed by atoms with Gasteiger partial charge in [0.2, 0.25) is 0 Å². The minimum Gasteiger partial charge on any atom is -0.326 e. The van der Waals surface area contributed by atoms with Crippen LogP contribution in [-0.2, 0) is 0 Å². The van der Waals surface area contributed by atoms with Gasteiger partial charge in [-0.25, -0.2) is 0 Å². The molecule has 0 radical (unpaired) electrons. The Hall–Kier alpha value is -0.380. The number of nitrogens with two attached hydrogens (primary N) is 1. The molecule has 1 aliphatic rings. The van der Waals surface area contributed by atoms with E-state index in [1.165, 1.54) is 36.1 Å². The third kappa shape index (κ3) is 3.44. The fraction of sp³-hybridized carbons (Fsp3) is 0.765. The molecule has 2 rings (SSSR count). The molecule has 1 aromatic heterocycles. The Morgan fingerprint density at radius 3 is 2.40 bits per heavy atom. The average Bonchev–Trinajstić information content (AvgIpc) is 2.75. The fourth-order valence-electron chi connectivity index (χ4n) is 3.50. The van der Waals surface area contributed by atoms with E-state index >= 15 is 0 Å². The minimum atomic E-state index is 0.173. The van der Waals surface area contributed by atoms with Gasteiger partial charge >= 0.3 is 0 Å². The lowest BCUT2D eigenvalue weighted by atomic mass is 9.75. The van der Waals surface area contributed by atoms with Crippen molar-refractivity contribution in [3.8, 4) is 0 Å². The first-order chi connectivity index (χ1) is 9.32. The highest BCUT2D eigenvalue weighted by Gasteiger charge is 2.33. The summed E-state index contributed by atoms with van der Waals surface area (Å²) in [5.41, 5.74) is 8.24. The number of hydrogen-bond acceptors (Lipinski definition) is 3. The maximum Gasteiger partial charge on any atom is 0.0593 e. The largest absolute Gasteiger partial charge is 0.326 e. The van der Waals surface area contributed by atoms with Crippen LogP contribution in [0.2, 0.25) is 0 Å². The number of aryl methyl sites for hydroxylation is 1. The van der Waals surface area contributed by atoms with Crippen LogP contribution < -0.4 is 5.73 Å². The molecule has 0 amide bonds. The molecular weight excluding hydrogens is 264 g/mol. The number of nitrogens with zero attached hydrogens (tertiary/aromatic N) is 1. The Bertz CT molecular complexity index is 426. The first-order valence-corrected chi connectivity index (χ1v) is 8.71. The molecule has 20 heavy (non-hydrogen) atoms. The van der Waals surface area contributed by atoms with Gasteiger partial charge in [-0.1, -0.05) is 13.8 Å². The van der Waals surface area contributed by atoms with Gasteiger partial charge in [-0.15, -0.1) is 11.3 Å². The molecule has 2 nitrogen and oxygen atoms in total. The molecule has 0 saturated heterocycles. The standard InChI is InChI=1S/C17H30N2S/c1-12-8-11-20-16(12)15(13(2)18)19(5)14-6-9-17(3,4)10-7-14/h8,11,13-15H,6-7,9-10,18H2,1-5H3. The summed E-state index contributed by atoms with van der Waals surface area (Å²) < 4.78 is 0. The van der Waals surface area contributed by atoms with Crippen LogP contribution in [-0.4, -0.2) is 24.0 Å². The molecule has 0 bridgehead atoms. The minimum absolute atomic E-state index is 0.173. The van der Waals surface area contributed by atoms with E-state index in [0.29, 0.717) is 17.5 Å². The maximum absolute atomic E-state index is 6.32. The van der Waals surface area contributed by atoms with Crippen molar-refractivity contribution in [2.24, 2.45) is 11.1 Å². The lowest BCUT2D eigenvalue weighted by Crippen LogP contribution is -2.45. The molecule has 1 saturated carbocycles. The molecule has 2 unspecified atom stereocenters. The molecule has 1 aromatic rings.